The van der Waals surface area contributed by atoms with Crippen LogP contribution in [0.4, 0.5) is 0 Å². The molecule has 2 atom stereocenters. The third-order valence-corrected chi connectivity index (χ3v) is 4.16. The lowest BCUT2D eigenvalue weighted by Gasteiger charge is -2.24. The zero-order valence-electron chi connectivity index (χ0n) is 12.3. The van der Waals surface area contributed by atoms with Crippen molar-refractivity contribution in [1.29, 1.82) is 0 Å². The van der Waals surface area contributed by atoms with Gasteiger partial charge in [-0.1, -0.05) is 19.9 Å². The molecule has 112 valence electrons. The lowest BCUT2D eigenvalue weighted by molar-refractivity contribution is 0.0788. The van der Waals surface area contributed by atoms with E-state index in [0.717, 1.165) is 49.2 Å². The minimum absolute atomic E-state index is 0.263. The number of nitrogens with one attached hydrogen (secondary N) is 1. The third-order valence-electron chi connectivity index (χ3n) is 3.54. The fraction of sp³-hybridized carbons (Fsp3) is 0.625. The molecule has 1 N–H and O–H groups in total. The minimum atomic E-state index is 0.263. The van der Waals surface area contributed by atoms with Gasteiger partial charge in [0.15, 0.2) is 0 Å². The summed E-state index contributed by atoms with van der Waals surface area (Å²) in [5.74, 6) is 0.915. The number of likely N-dealkylation sites (N-methyl/N-ethyl adjacent to an activating group) is 1. The molecule has 2 unspecified atom stereocenters. The van der Waals surface area contributed by atoms with Crippen molar-refractivity contribution < 1.29 is 9.47 Å². The predicted octanol–water partition coefficient (Wildman–Crippen LogP) is 4.07. The first kappa shape index (κ1) is 15.8. The van der Waals surface area contributed by atoms with Crippen molar-refractivity contribution in [2.45, 2.75) is 45.3 Å². The van der Waals surface area contributed by atoms with Gasteiger partial charge in [0, 0.05) is 6.61 Å². The molecule has 0 amide bonds. The molecule has 1 saturated heterocycles. The van der Waals surface area contributed by atoms with Gasteiger partial charge in [0.05, 0.1) is 23.2 Å². The van der Waals surface area contributed by atoms with Crippen LogP contribution >= 0.6 is 15.9 Å². The van der Waals surface area contributed by atoms with Crippen molar-refractivity contribution in [2.24, 2.45) is 0 Å². The van der Waals surface area contributed by atoms with Gasteiger partial charge in [-0.2, -0.15) is 0 Å². The van der Waals surface area contributed by atoms with Crippen LogP contribution in [-0.2, 0) is 4.74 Å². The van der Waals surface area contributed by atoms with Crippen LogP contribution in [0.15, 0.2) is 22.7 Å². The normalized spacial score (nSPS) is 20.1. The lowest BCUT2D eigenvalue weighted by Crippen LogP contribution is -2.31. The summed E-state index contributed by atoms with van der Waals surface area (Å²) < 4.78 is 12.6. The van der Waals surface area contributed by atoms with Gasteiger partial charge in [-0.05, 0) is 59.4 Å². The molecular weight excluding hydrogens is 318 g/mol. The highest BCUT2D eigenvalue weighted by molar-refractivity contribution is 9.10. The molecule has 0 radical (unpaired) electrons. The number of hydrogen-bond acceptors (Lipinski definition) is 3. The Kier molecular flexibility index (Phi) is 6.33. The molecule has 3 nitrogen and oxygen atoms in total. The molecule has 0 aromatic heterocycles. The van der Waals surface area contributed by atoms with Gasteiger partial charge in [-0.25, -0.2) is 0 Å². The molecule has 1 aliphatic heterocycles. The van der Waals surface area contributed by atoms with E-state index in [4.69, 9.17) is 9.47 Å². The Hall–Kier alpha value is -0.580. The molecule has 1 fully saturated rings. The molecule has 1 aliphatic rings. The van der Waals surface area contributed by atoms with Crippen molar-refractivity contribution in [2.75, 3.05) is 19.8 Å². The number of halogens is 1. The number of benzene rings is 1. The molecule has 0 bridgehead atoms. The number of rotatable bonds is 7. The van der Waals surface area contributed by atoms with Crippen molar-refractivity contribution >= 4 is 15.9 Å². The molecule has 1 aromatic rings. The van der Waals surface area contributed by atoms with Gasteiger partial charge in [-0.3, -0.25) is 0 Å². The van der Waals surface area contributed by atoms with E-state index < -0.39 is 0 Å². The second-order valence-corrected chi connectivity index (χ2v) is 5.98. The molecule has 0 aliphatic carbocycles. The van der Waals surface area contributed by atoms with E-state index in [1.54, 1.807) is 0 Å². The van der Waals surface area contributed by atoms with E-state index in [1.807, 2.05) is 6.07 Å². The summed E-state index contributed by atoms with van der Waals surface area (Å²) in [6.45, 7) is 6.82. The monoisotopic (exact) mass is 341 g/mol. The van der Waals surface area contributed by atoms with Gasteiger partial charge in [0.2, 0.25) is 0 Å². The van der Waals surface area contributed by atoms with E-state index in [0.29, 0.717) is 0 Å². The minimum Gasteiger partial charge on any atom is -0.492 e. The number of hydrogen-bond donors (Lipinski definition) is 1. The van der Waals surface area contributed by atoms with Crippen molar-refractivity contribution in [1.82, 2.24) is 5.32 Å². The van der Waals surface area contributed by atoms with Crippen LogP contribution in [-0.4, -0.2) is 25.9 Å². The second kappa shape index (κ2) is 8.01. The van der Waals surface area contributed by atoms with Crippen LogP contribution in [0.5, 0.6) is 5.75 Å². The van der Waals surface area contributed by atoms with E-state index in [2.05, 4.69) is 47.2 Å². The smallest absolute Gasteiger partial charge is 0.133 e. The zero-order chi connectivity index (χ0) is 14.4. The average molecular weight is 342 g/mol. The van der Waals surface area contributed by atoms with E-state index in [1.165, 1.54) is 5.56 Å². The molecule has 0 saturated carbocycles. The Morgan fingerprint density at radius 1 is 1.45 bits per heavy atom. The standard InChI is InChI=1S/C16H24BrNO2/c1-3-9-19-14-8-7-12(11-13(14)17)16(18-4-2)15-6-5-10-20-15/h7-8,11,15-16,18H,3-6,9-10H2,1-2H3. The summed E-state index contributed by atoms with van der Waals surface area (Å²) in [6.07, 6.45) is 3.59. The van der Waals surface area contributed by atoms with Gasteiger partial charge >= 0.3 is 0 Å². The van der Waals surface area contributed by atoms with Crippen LogP contribution in [0, 0.1) is 0 Å². The van der Waals surface area contributed by atoms with Crippen LogP contribution in [0.25, 0.3) is 0 Å². The highest BCUT2D eigenvalue weighted by Crippen LogP contribution is 2.32. The fourth-order valence-corrected chi connectivity index (χ4v) is 3.10. The van der Waals surface area contributed by atoms with Crippen LogP contribution in [0.3, 0.4) is 0 Å². The fourth-order valence-electron chi connectivity index (χ4n) is 2.59. The van der Waals surface area contributed by atoms with Crippen molar-refractivity contribution in [3.8, 4) is 5.75 Å². The zero-order valence-corrected chi connectivity index (χ0v) is 13.9. The summed E-state index contributed by atoms with van der Waals surface area (Å²) in [7, 11) is 0. The van der Waals surface area contributed by atoms with Crippen LogP contribution in [0.2, 0.25) is 0 Å². The maximum Gasteiger partial charge on any atom is 0.133 e. The Morgan fingerprint density at radius 3 is 2.90 bits per heavy atom. The van der Waals surface area contributed by atoms with E-state index >= 15 is 0 Å². The highest BCUT2D eigenvalue weighted by Gasteiger charge is 2.27. The van der Waals surface area contributed by atoms with Crippen LogP contribution < -0.4 is 10.1 Å². The lowest BCUT2D eigenvalue weighted by atomic mass is 9.99. The highest BCUT2D eigenvalue weighted by atomic mass is 79.9. The molecule has 4 heteroatoms. The largest absolute Gasteiger partial charge is 0.492 e. The summed E-state index contributed by atoms with van der Waals surface area (Å²) in [5.41, 5.74) is 1.26. The Morgan fingerprint density at radius 2 is 2.30 bits per heavy atom. The molecule has 1 heterocycles. The van der Waals surface area contributed by atoms with Gasteiger partial charge in [0.1, 0.15) is 5.75 Å². The molecule has 2 rings (SSSR count). The van der Waals surface area contributed by atoms with Gasteiger partial charge in [0.25, 0.3) is 0 Å². The maximum atomic E-state index is 5.85. The SMILES string of the molecule is CCCOc1ccc(C(NCC)C2CCCO2)cc1Br. The van der Waals surface area contributed by atoms with Gasteiger partial charge < -0.3 is 14.8 Å². The topological polar surface area (TPSA) is 30.5 Å². The Balaban J connectivity index is 2.14. The molecule has 20 heavy (non-hydrogen) atoms. The van der Waals surface area contributed by atoms with E-state index in [-0.39, 0.29) is 12.1 Å². The molecule has 0 spiro atoms. The first-order valence-electron chi connectivity index (χ1n) is 7.53. The number of ether oxygens (including phenoxy) is 2. The molecular formula is C16H24BrNO2. The Labute approximate surface area is 130 Å². The molecule has 1 aromatic carbocycles. The van der Waals surface area contributed by atoms with Crippen molar-refractivity contribution in [3.05, 3.63) is 28.2 Å². The van der Waals surface area contributed by atoms with Crippen LogP contribution in [0.1, 0.15) is 44.7 Å². The summed E-state index contributed by atoms with van der Waals surface area (Å²) in [6, 6.07) is 6.61. The summed E-state index contributed by atoms with van der Waals surface area (Å²) in [5, 5.41) is 3.54. The summed E-state index contributed by atoms with van der Waals surface area (Å²) >= 11 is 3.61. The maximum absolute atomic E-state index is 5.85. The van der Waals surface area contributed by atoms with Gasteiger partial charge in [-0.15, -0.1) is 0 Å². The average Bonchev–Trinajstić information content (AvgIpc) is 2.97. The predicted molar refractivity (Wildman–Crippen MR) is 85.3 cm³/mol. The third kappa shape index (κ3) is 3.96. The Bertz CT molecular complexity index is 419. The first-order chi connectivity index (χ1) is 9.76. The summed E-state index contributed by atoms with van der Waals surface area (Å²) in [4.78, 5) is 0. The second-order valence-electron chi connectivity index (χ2n) is 5.13. The van der Waals surface area contributed by atoms with E-state index in [9.17, 15) is 0 Å². The quantitative estimate of drug-likeness (QED) is 0.810. The first-order valence-corrected chi connectivity index (χ1v) is 8.32. The van der Waals surface area contributed by atoms with Crippen molar-refractivity contribution in [3.63, 3.8) is 0 Å².